The van der Waals surface area contributed by atoms with Crippen LogP contribution in [-0.2, 0) is 23.7 Å². The average Bonchev–Trinajstić information content (AvgIpc) is 3.48. The van der Waals surface area contributed by atoms with Gasteiger partial charge in [0.1, 0.15) is 48.8 Å². The molecule has 2 fully saturated rings. The van der Waals surface area contributed by atoms with E-state index in [4.69, 9.17) is 18.9 Å². The maximum absolute atomic E-state index is 13.3. The highest BCUT2D eigenvalue weighted by Gasteiger charge is 2.51. The lowest BCUT2D eigenvalue weighted by Gasteiger charge is -2.46. The van der Waals surface area contributed by atoms with Crippen LogP contribution in [-0.4, -0.2) is 140 Å². The Morgan fingerprint density at radius 1 is 0.450 bits per heavy atom. The predicted molar refractivity (Wildman–Crippen MR) is 323 cm³/mol. The van der Waals surface area contributed by atoms with Crippen LogP contribution < -0.4 is 5.32 Å². The maximum atomic E-state index is 13.3. The summed E-state index contributed by atoms with van der Waals surface area (Å²) in [6.07, 6.45) is 46.1. The number of rotatable bonds is 55. The van der Waals surface area contributed by atoms with Gasteiger partial charge in [-0.15, -0.1) is 0 Å². The molecular weight excluding hydrogens is 1010 g/mol. The Labute approximate surface area is 488 Å². The van der Waals surface area contributed by atoms with Gasteiger partial charge < -0.3 is 65.1 Å². The van der Waals surface area contributed by atoms with E-state index in [0.717, 1.165) is 64.2 Å². The lowest BCUT2D eigenvalue weighted by molar-refractivity contribution is -0.359. The van der Waals surface area contributed by atoms with Crippen molar-refractivity contribution in [1.29, 1.82) is 0 Å². The smallest absolute Gasteiger partial charge is 0.220 e. The van der Waals surface area contributed by atoms with Crippen LogP contribution in [0.2, 0.25) is 0 Å². The van der Waals surface area contributed by atoms with Crippen LogP contribution >= 0.6 is 0 Å². The van der Waals surface area contributed by atoms with E-state index in [1.54, 1.807) is 0 Å². The van der Waals surface area contributed by atoms with E-state index in [1.165, 1.54) is 205 Å². The van der Waals surface area contributed by atoms with E-state index in [2.05, 4.69) is 43.5 Å². The minimum Gasteiger partial charge on any atom is -0.394 e. The maximum Gasteiger partial charge on any atom is 0.220 e. The number of carbonyl (C=O) groups excluding carboxylic acids is 1. The molecule has 0 aromatic carbocycles. The Balaban J connectivity index is 1.68. The van der Waals surface area contributed by atoms with Crippen LogP contribution in [0.25, 0.3) is 0 Å². The number of ether oxygens (including phenoxy) is 4. The monoisotopic (exact) mass is 1140 g/mol. The fourth-order valence-electron chi connectivity index (χ4n) is 11.3. The summed E-state index contributed by atoms with van der Waals surface area (Å²) in [5, 5.41) is 87.5. The third-order valence-electron chi connectivity index (χ3n) is 16.7. The highest BCUT2D eigenvalue weighted by molar-refractivity contribution is 5.76. The minimum atomic E-state index is -1.78. The predicted octanol–water partition coefficient (Wildman–Crippen LogP) is 12.8. The normalized spacial score (nSPS) is 24.3. The fraction of sp³-hybridized carbons (Fsp3) is 0.924. The first kappa shape index (κ1) is 74.6. The Bertz CT molecular complexity index is 1440. The Morgan fingerprint density at radius 3 is 1.27 bits per heavy atom. The Morgan fingerprint density at radius 2 is 0.825 bits per heavy atom. The molecule has 472 valence electrons. The molecule has 2 aliphatic heterocycles. The SMILES string of the molecule is CCCCC/C=C\C/C=C\CCCCCCCCCCCC(=O)NC(COC1OC(CO)C(OC2OC(CO)C(O)C(O)C2O)C(O)C1O)C(O)CCCCCCCCCCCCCCCCCCCCCCCCCCCCC. The summed E-state index contributed by atoms with van der Waals surface area (Å²) in [4.78, 5) is 13.3. The molecule has 12 unspecified atom stereocenters. The zero-order valence-electron chi connectivity index (χ0n) is 51.1. The summed E-state index contributed by atoms with van der Waals surface area (Å²) >= 11 is 0. The standard InChI is InChI=1S/C66H125NO13/c1-3-5-7-9-11-13-15-17-19-21-23-24-25-26-27-28-29-30-32-33-35-37-39-41-43-45-47-49-55(70)54(67-58(71)50-48-46-44-42-40-38-36-34-31-22-20-18-16-14-12-10-8-6-4-2)53-77-65-63(76)61(74)64(57(52-69)79-65)80-66-62(75)60(73)59(72)56(51-68)78-66/h12,14,18,20,54-57,59-66,68-70,72-76H,3-11,13,15-17,19,21-53H2,1-2H3,(H,67,71)/b14-12-,20-18-. The van der Waals surface area contributed by atoms with Gasteiger partial charge in [-0.25, -0.2) is 0 Å². The van der Waals surface area contributed by atoms with Crippen molar-refractivity contribution in [3.05, 3.63) is 24.3 Å². The second kappa shape index (κ2) is 51.9. The fourth-order valence-corrected chi connectivity index (χ4v) is 11.3. The second-order valence-electron chi connectivity index (χ2n) is 24.0. The molecule has 0 aliphatic carbocycles. The van der Waals surface area contributed by atoms with E-state index in [0.29, 0.717) is 12.8 Å². The molecule has 14 nitrogen and oxygen atoms in total. The van der Waals surface area contributed by atoms with Gasteiger partial charge >= 0.3 is 0 Å². The first-order valence-corrected chi connectivity index (χ1v) is 33.6. The summed E-state index contributed by atoms with van der Waals surface area (Å²) in [5.41, 5.74) is 0. The summed E-state index contributed by atoms with van der Waals surface area (Å²) < 4.78 is 22.9. The van der Waals surface area contributed by atoms with Crippen LogP contribution in [0, 0.1) is 0 Å². The Kier molecular flexibility index (Phi) is 48.3. The van der Waals surface area contributed by atoms with E-state index >= 15 is 0 Å². The zero-order chi connectivity index (χ0) is 58.1. The number of unbranched alkanes of at least 4 members (excludes halogenated alkanes) is 38. The molecule has 0 aromatic rings. The molecule has 0 aromatic heterocycles. The molecule has 0 bridgehead atoms. The second-order valence-corrected chi connectivity index (χ2v) is 24.0. The van der Waals surface area contributed by atoms with E-state index in [9.17, 15) is 45.6 Å². The molecule has 2 saturated heterocycles. The first-order chi connectivity index (χ1) is 39.1. The molecule has 0 radical (unpaired) electrons. The van der Waals surface area contributed by atoms with Crippen LogP contribution in [0.3, 0.4) is 0 Å². The summed E-state index contributed by atoms with van der Waals surface area (Å²) in [7, 11) is 0. The van der Waals surface area contributed by atoms with Crippen molar-refractivity contribution in [2.75, 3.05) is 19.8 Å². The van der Waals surface area contributed by atoms with Crippen LogP contribution in [0.5, 0.6) is 0 Å². The summed E-state index contributed by atoms with van der Waals surface area (Å²) in [6, 6.07) is -0.831. The largest absolute Gasteiger partial charge is 0.394 e. The first-order valence-electron chi connectivity index (χ1n) is 33.6. The lowest BCUT2D eigenvalue weighted by atomic mass is 9.97. The van der Waals surface area contributed by atoms with Crippen molar-refractivity contribution in [2.24, 2.45) is 0 Å². The van der Waals surface area contributed by atoms with Crippen molar-refractivity contribution in [3.8, 4) is 0 Å². The molecule has 80 heavy (non-hydrogen) atoms. The molecule has 9 N–H and O–H groups in total. The number of aliphatic hydroxyl groups excluding tert-OH is 8. The van der Waals surface area contributed by atoms with Gasteiger partial charge in [-0.2, -0.15) is 0 Å². The average molecular weight is 1140 g/mol. The number of carbonyl (C=O) groups is 1. The Hall–Kier alpha value is -1.53. The van der Waals surface area contributed by atoms with Crippen LogP contribution in [0.1, 0.15) is 296 Å². The molecule has 2 aliphatic rings. The van der Waals surface area contributed by atoms with E-state index < -0.39 is 86.8 Å². The van der Waals surface area contributed by atoms with Gasteiger partial charge in [-0.1, -0.05) is 269 Å². The summed E-state index contributed by atoms with van der Waals surface area (Å²) in [5.74, 6) is -0.207. The highest BCUT2D eigenvalue weighted by atomic mass is 16.7. The molecule has 0 saturated carbocycles. The van der Waals surface area contributed by atoms with E-state index in [-0.39, 0.29) is 12.5 Å². The van der Waals surface area contributed by atoms with Crippen molar-refractivity contribution >= 4 is 5.91 Å². The zero-order valence-corrected chi connectivity index (χ0v) is 51.1. The number of hydrogen-bond donors (Lipinski definition) is 9. The molecule has 1 amide bonds. The topological polar surface area (TPSA) is 228 Å². The number of nitrogens with one attached hydrogen (secondary N) is 1. The van der Waals surface area contributed by atoms with Gasteiger partial charge in [-0.05, 0) is 44.9 Å². The lowest BCUT2D eigenvalue weighted by Crippen LogP contribution is -2.65. The molecule has 0 spiro atoms. The molecule has 2 heterocycles. The molecular formula is C66H125NO13. The van der Waals surface area contributed by atoms with Gasteiger partial charge in [-0.3, -0.25) is 4.79 Å². The molecule has 2 rings (SSSR count). The number of aliphatic hydroxyl groups is 8. The quantitative estimate of drug-likeness (QED) is 0.0204. The van der Waals surface area contributed by atoms with Gasteiger partial charge in [0.25, 0.3) is 0 Å². The van der Waals surface area contributed by atoms with Crippen molar-refractivity contribution in [2.45, 2.75) is 370 Å². The van der Waals surface area contributed by atoms with Crippen LogP contribution in [0.4, 0.5) is 0 Å². The van der Waals surface area contributed by atoms with Crippen molar-refractivity contribution in [3.63, 3.8) is 0 Å². The van der Waals surface area contributed by atoms with Gasteiger partial charge in [0, 0.05) is 6.42 Å². The minimum absolute atomic E-state index is 0.207. The highest BCUT2D eigenvalue weighted by Crippen LogP contribution is 2.30. The van der Waals surface area contributed by atoms with Crippen LogP contribution in [0.15, 0.2) is 24.3 Å². The summed E-state index contributed by atoms with van der Waals surface area (Å²) in [6.45, 7) is 2.87. The third-order valence-corrected chi connectivity index (χ3v) is 16.7. The number of amides is 1. The van der Waals surface area contributed by atoms with Crippen molar-refractivity contribution in [1.82, 2.24) is 5.32 Å². The molecule has 12 atom stereocenters. The number of hydrogen-bond acceptors (Lipinski definition) is 13. The van der Waals surface area contributed by atoms with Gasteiger partial charge in [0.05, 0.1) is 32.0 Å². The van der Waals surface area contributed by atoms with Gasteiger partial charge in [0.15, 0.2) is 12.6 Å². The van der Waals surface area contributed by atoms with Crippen molar-refractivity contribution < 1.29 is 64.6 Å². The number of allylic oxidation sites excluding steroid dienone is 4. The van der Waals surface area contributed by atoms with E-state index in [1.807, 2.05) is 0 Å². The third kappa shape index (κ3) is 36.3. The van der Waals surface area contributed by atoms with Gasteiger partial charge in [0.2, 0.25) is 5.91 Å². The molecule has 14 heteroatoms.